The number of aliphatic hydroxyl groups excluding tert-OH is 1. The highest BCUT2D eigenvalue weighted by Gasteiger charge is 2.11. The number of carbonyl (C=O) groups excluding carboxylic acids is 1. The molecule has 1 heterocycles. The van der Waals surface area contributed by atoms with Crippen LogP contribution in [0.15, 0.2) is 35.7 Å². The summed E-state index contributed by atoms with van der Waals surface area (Å²) in [4.78, 5) is 17.8. The lowest BCUT2D eigenvalue weighted by Crippen LogP contribution is -2.40. The van der Waals surface area contributed by atoms with Crippen LogP contribution in [0.25, 0.3) is 10.6 Å². The van der Waals surface area contributed by atoms with Crippen LogP contribution < -0.4 is 5.32 Å². The van der Waals surface area contributed by atoms with E-state index in [0.29, 0.717) is 13.1 Å². The molecule has 5 nitrogen and oxygen atoms in total. The molecule has 112 valence electrons. The minimum absolute atomic E-state index is 0.217. The smallest absolute Gasteiger partial charge is 0.317 e. The lowest BCUT2D eigenvalue weighted by atomic mass is 10.2. The quantitative estimate of drug-likeness (QED) is 0.891. The van der Waals surface area contributed by atoms with E-state index in [9.17, 15) is 9.90 Å². The highest BCUT2D eigenvalue weighted by atomic mass is 32.1. The number of aromatic nitrogens is 1. The number of urea groups is 1. The first kappa shape index (κ1) is 15.5. The Hall–Kier alpha value is -1.92. The van der Waals surface area contributed by atoms with Gasteiger partial charge in [-0.2, -0.15) is 0 Å². The summed E-state index contributed by atoms with van der Waals surface area (Å²) in [6, 6.07) is 9.72. The second kappa shape index (κ2) is 7.19. The fourth-order valence-electron chi connectivity index (χ4n) is 1.88. The van der Waals surface area contributed by atoms with E-state index in [1.807, 2.05) is 35.7 Å². The largest absolute Gasteiger partial charge is 0.392 e. The van der Waals surface area contributed by atoms with E-state index in [4.69, 9.17) is 0 Å². The molecule has 2 aromatic rings. The van der Waals surface area contributed by atoms with Gasteiger partial charge in [0, 0.05) is 24.5 Å². The molecule has 0 spiro atoms. The number of thiazole rings is 1. The molecular weight excluding hydrogens is 286 g/mol. The number of benzene rings is 1. The van der Waals surface area contributed by atoms with Crippen LogP contribution in [-0.4, -0.2) is 40.7 Å². The number of aliphatic hydroxyl groups is 1. The summed E-state index contributed by atoms with van der Waals surface area (Å²) >= 11 is 1.56. The molecular formula is C15H19N3O2S. The Morgan fingerprint density at radius 1 is 1.43 bits per heavy atom. The van der Waals surface area contributed by atoms with Gasteiger partial charge in [0.25, 0.3) is 0 Å². The predicted molar refractivity (Wildman–Crippen MR) is 84.1 cm³/mol. The number of hydrogen-bond acceptors (Lipinski definition) is 4. The van der Waals surface area contributed by atoms with Crippen molar-refractivity contribution in [2.75, 3.05) is 13.6 Å². The van der Waals surface area contributed by atoms with Crippen LogP contribution in [0.4, 0.5) is 4.79 Å². The summed E-state index contributed by atoms with van der Waals surface area (Å²) in [5, 5.41) is 14.9. The summed E-state index contributed by atoms with van der Waals surface area (Å²) in [7, 11) is 1.65. The number of rotatable bonds is 5. The van der Waals surface area contributed by atoms with E-state index >= 15 is 0 Å². The number of nitrogens with one attached hydrogen (secondary N) is 1. The van der Waals surface area contributed by atoms with Crippen LogP contribution in [0.2, 0.25) is 0 Å². The van der Waals surface area contributed by atoms with Crippen LogP contribution in [0.1, 0.15) is 12.6 Å². The van der Waals surface area contributed by atoms with E-state index in [1.54, 1.807) is 25.3 Å². The zero-order valence-corrected chi connectivity index (χ0v) is 12.9. The first-order chi connectivity index (χ1) is 10.1. The standard InChI is InChI=1S/C15H19N3O2S/c1-11(19)9-18(2)15(20)16-8-13-10-21-14(17-13)12-6-4-3-5-7-12/h3-7,10-11,19H,8-9H2,1-2H3,(H,16,20). The van der Waals surface area contributed by atoms with Crippen molar-refractivity contribution >= 4 is 17.4 Å². The Labute approximate surface area is 128 Å². The maximum atomic E-state index is 11.8. The predicted octanol–water partition coefficient (Wildman–Crippen LogP) is 2.33. The first-order valence-corrected chi connectivity index (χ1v) is 7.61. The van der Waals surface area contributed by atoms with Crippen LogP contribution in [0, 0.1) is 0 Å². The van der Waals surface area contributed by atoms with Crippen LogP contribution in [0.3, 0.4) is 0 Å². The van der Waals surface area contributed by atoms with Crippen molar-refractivity contribution in [2.24, 2.45) is 0 Å². The minimum Gasteiger partial charge on any atom is -0.392 e. The van der Waals surface area contributed by atoms with Crippen molar-refractivity contribution in [3.05, 3.63) is 41.4 Å². The van der Waals surface area contributed by atoms with Crippen LogP contribution >= 0.6 is 11.3 Å². The van der Waals surface area contributed by atoms with E-state index in [2.05, 4.69) is 10.3 Å². The topological polar surface area (TPSA) is 65.5 Å². The molecule has 1 unspecified atom stereocenters. The second-order valence-corrected chi connectivity index (χ2v) is 5.76. The molecule has 2 N–H and O–H groups in total. The number of nitrogens with zero attached hydrogens (tertiary/aromatic N) is 2. The zero-order chi connectivity index (χ0) is 15.2. The van der Waals surface area contributed by atoms with Gasteiger partial charge in [-0.3, -0.25) is 0 Å². The molecule has 6 heteroatoms. The van der Waals surface area contributed by atoms with E-state index in [-0.39, 0.29) is 6.03 Å². The van der Waals surface area contributed by atoms with E-state index in [1.165, 1.54) is 4.90 Å². The second-order valence-electron chi connectivity index (χ2n) is 4.90. The van der Waals surface area contributed by atoms with Crippen LogP contribution in [-0.2, 0) is 6.54 Å². The number of amides is 2. The average molecular weight is 305 g/mol. The fraction of sp³-hybridized carbons (Fsp3) is 0.333. The summed E-state index contributed by atoms with van der Waals surface area (Å²) in [6.45, 7) is 2.33. The van der Waals surface area contributed by atoms with Crippen molar-refractivity contribution in [3.63, 3.8) is 0 Å². The highest BCUT2D eigenvalue weighted by Crippen LogP contribution is 2.23. The van der Waals surface area contributed by atoms with Crippen molar-refractivity contribution in [2.45, 2.75) is 19.6 Å². The zero-order valence-electron chi connectivity index (χ0n) is 12.1. The SMILES string of the molecule is CC(O)CN(C)C(=O)NCc1csc(-c2ccccc2)n1. The Morgan fingerprint density at radius 2 is 2.14 bits per heavy atom. The normalized spacial score (nSPS) is 12.0. The van der Waals surface area contributed by atoms with Crippen molar-refractivity contribution in [1.29, 1.82) is 0 Å². The van der Waals surface area contributed by atoms with Crippen LogP contribution in [0.5, 0.6) is 0 Å². The fourth-order valence-corrected chi connectivity index (χ4v) is 2.71. The van der Waals surface area contributed by atoms with Gasteiger partial charge in [0.15, 0.2) is 0 Å². The van der Waals surface area contributed by atoms with Crippen molar-refractivity contribution in [1.82, 2.24) is 15.2 Å². The number of likely N-dealkylation sites (N-methyl/N-ethyl adjacent to an activating group) is 1. The molecule has 0 saturated heterocycles. The van der Waals surface area contributed by atoms with Gasteiger partial charge in [-0.15, -0.1) is 11.3 Å². The average Bonchev–Trinajstić information content (AvgIpc) is 2.94. The van der Waals surface area contributed by atoms with E-state index < -0.39 is 6.10 Å². The molecule has 1 aromatic carbocycles. The molecule has 0 aliphatic carbocycles. The highest BCUT2D eigenvalue weighted by molar-refractivity contribution is 7.13. The monoisotopic (exact) mass is 305 g/mol. The molecule has 2 amide bonds. The summed E-state index contributed by atoms with van der Waals surface area (Å²) in [6.07, 6.45) is -0.537. The summed E-state index contributed by atoms with van der Waals surface area (Å²) in [5.74, 6) is 0. The third kappa shape index (κ3) is 4.54. The van der Waals surface area contributed by atoms with Gasteiger partial charge in [-0.1, -0.05) is 30.3 Å². The van der Waals surface area contributed by atoms with Gasteiger partial charge in [-0.25, -0.2) is 9.78 Å². The Balaban J connectivity index is 1.90. The van der Waals surface area contributed by atoms with Gasteiger partial charge < -0.3 is 15.3 Å². The Morgan fingerprint density at radius 3 is 2.81 bits per heavy atom. The molecule has 2 rings (SSSR count). The third-order valence-electron chi connectivity index (χ3n) is 2.88. The maximum Gasteiger partial charge on any atom is 0.317 e. The lowest BCUT2D eigenvalue weighted by Gasteiger charge is -2.18. The molecule has 0 radical (unpaired) electrons. The molecule has 0 aliphatic heterocycles. The third-order valence-corrected chi connectivity index (χ3v) is 3.82. The maximum absolute atomic E-state index is 11.8. The lowest BCUT2D eigenvalue weighted by molar-refractivity contribution is 0.143. The molecule has 0 aliphatic rings. The molecule has 0 bridgehead atoms. The minimum atomic E-state index is -0.537. The number of hydrogen-bond donors (Lipinski definition) is 2. The summed E-state index contributed by atoms with van der Waals surface area (Å²) < 4.78 is 0. The Bertz CT molecular complexity index is 584. The van der Waals surface area contributed by atoms with Gasteiger partial charge >= 0.3 is 6.03 Å². The molecule has 0 fully saturated rings. The molecule has 21 heavy (non-hydrogen) atoms. The number of carbonyl (C=O) groups is 1. The van der Waals surface area contributed by atoms with Gasteiger partial charge in [0.05, 0.1) is 18.3 Å². The van der Waals surface area contributed by atoms with Crippen molar-refractivity contribution in [3.8, 4) is 10.6 Å². The van der Waals surface area contributed by atoms with Gasteiger partial charge in [0.2, 0.25) is 0 Å². The first-order valence-electron chi connectivity index (χ1n) is 6.73. The molecule has 1 atom stereocenters. The van der Waals surface area contributed by atoms with Gasteiger partial charge in [0.1, 0.15) is 5.01 Å². The molecule has 0 saturated carbocycles. The van der Waals surface area contributed by atoms with Crippen molar-refractivity contribution < 1.29 is 9.90 Å². The van der Waals surface area contributed by atoms with E-state index in [0.717, 1.165) is 16.3 Å². The molecule has 1 aromatic heterocycles. The Kier molecular flexibility index (Phi) is 5.30. The van der Waals surface area contributed by atoms with Gasteiger partial charge in [-0.05, 0) is 6.92 Å². The summed E-state index contributed by atoms with van der Waals surface area (Å²) in [5.41, 5.74) is 1.91.